The zero-order chi connectivity index (χ0) is 36.8. The first kappa shape index (κ1) is 48.1. The highest BCUT2D eigenvalue weighted by atomic mass is 16.5. The van der Waals surface area contributed by atoms with Gasteiger partial charge in [0.05, 0.1) is 0 Å². The van der Waals surface area contributed by atoms with Gasteiger partial charge in [-0.25, -0.2) is 4.79 Å². The van der Waals surface area contributed by atoms with E-state index in [1.54, 1.807) is 0 Å². The minimum atomic E-state index is -1.01. The number of hydrogen-bond donors (Lipinski definition) is 3. The van der Waals surface area contributed by atoms with Gasteiger partial charge in [-0.2, -0.15) is 0 Å². The Bertz CT molecular complexity index is 802. The number of carbonyl (C=O) groups excluding carboxylic acids is 2. The zero-order valence-corrected chi connectivity index (χ0v) is 33.0. The number of carboxylic acids is 1. The summed E-state index contributed by atoms with van der Waals surface area (Å²) in [4.78, 5) is 36.3. The molecule has 1 amide bonds. The Labute approximate surface area is 309 Å². The molecule has 0 aromatic rings. The van der Waals surface area contributed by atoms with Crippen LogP contribution in [0.3, 0.4) is 0 Å². The molecule has 0 aliphatic rings. The van der Waals surface area contributed by atoms with Crippen molar-refractivity contribution in [3.63, 3.8) is 0 Å². The van der Waals surface area contributed by atoms with Crippen LogP contribution in [0.15, 0.2) is 12.2 Å². The molecule has 7 heteroatoms. The molecule has 294 valence electrons. The third kappa shape index (κ3) is 34.6. The smallest absolute Gasteiger partial charge is 0.326 e. The number of amides is 1. The molecular weight excluding hydrogens is 624 g/mol. The Morgan fingerprint density at radius 2 is 1.02 bits per heavy atom. The number of nitrogens with two attached hydrogens (primary N) is 1. The molecule has 0 aliphatic carbocycles. The van der Waals surface area contributed by atoms with Crippen LogP contribution in [0, 0.1) is 0 Å². The Balaban J connectivity index is 4.13. The van der Waals surface area contributed by atoms with Gasteiger partial charge in [0.25, 0.3) is 0 Å². The molecule has 50 heavy (non-hydrogen) atoms. The predicted octanol–water partition coefficient (Wildman–Crippen LogP) is 11.9. The normalized spacial score (nSPS) is 12.7. The van der Waals surface area contributed by atoms with Crippen LogP contribution in [0.25, 0.3) is 0 Å². The van der Waals surface area contributed by atoms with Crippen LogP contribution in [0.4, 0.5) is 0 Å². The van der Waals surface area contributed by atoms with E-state index >= 15 is 0 Å². The van der Waals surface area contributed by atoms with Gasteiger partial charge in [0.1, 0.15) is 12.1 Å². The Hall–Kier alpha value is -1.89. The van der Waals surface area contributed by atoms with Crippen LogP contribution in [-0.2, 0) is 19.1 Å². The molecule has 0 saturated heterocycles. The second-order valence-corrected chi connectivity index (χ2v) is 14.8. The summed E-state index contributed by atoms with van der Waals surface area (Å²) in [6.45, 7) is 4.92. The van der Waals surface area contributed by atoms with Gasteiger partial charge in [0, 0.05) is 12.8 Å². The van der Waals surface area contributed by atoms with Crippen molar-refractivity contribution >= 4 is 17.8 Å². The van der Waals surface area contributed by atoms with E-state index in [9.17, 15) is 19.5 Å². The van der Waals surface area contributed by atoms with Crippen molar-refractivity contribution in [3.8, 4) is 0 Å². The molecule has 0 saturated carbocycles. The summed E-state index contributed by atoms with van der Waals surface area (Å²) in [5.74, 6) is -1.32. The fourth-order valence-corrected chi connectivity index (χ4v) is 6.54. The molecule has 0 radical (unpaired) electrons. The maximum Gasteiger partial charge on any atom is 0.326 e. The van der Waals surface area contributed by atoms with Gasteiger partial charge in [-0.15, -0.1) is 0 Å². The van der Waals surface area contributed by atoms with Crippen molar-refractivity contribution in [2.75, 3.05) is 6.54 Å². The molecule has 2 unspecified atom stereocenters. The Morgan fingerprint density at radius 3 is 1.50 bits per heavy atom. The number of nitrogens with one attached hydrogen (secondary N) is 1. The summed E-state index contributed by atoms with van der Waals surface area (Å²) in [5.41, 5.74) is 5.48. The Kier molecular flexibility index (Phi) is 36.9. The number of rotatable bonds is 39. The molecule has 0 spiro atoms. The molecule has 0 fully saturated rings. The van der Waals surface area contributed by atoms with Gasteiger partial charge in [-0.1, -0.05) is 168 Å². The highest BCUT2D eigenvalue weighted by molar-refractivity contribution is 5.83. The summed E-state index contributed by atoms with van der Waals surface area (Å²) in [6.07, 6.45) is 41.4. The monoisotopic (exact) mass is 707 g/mol. The second kappa shape index (κ2) is 38.3. The summed E-state index contributed by atoms with van der Waals surface area (Å²) >= 11 is 0. The molecule has 0 aromatic carbocycles. The van der Waals surface area contributed by atoms with Crippen LogP contribution in [0.2, 0.25) is 0 Å². The van der Waals surface area contributed by atoms with Gasteiger partial charge in [0.15, 0.2) is 0 Å². The van der Waals surface area contributed by atoms with Crippen molar-refractivity contribution in [1.29, 1.82) is 0 Å². The van der Waals surface area contributed by atoms with Crippen LogP contribution >= 0.6 is 0 Å². The first-order valence-electron chi connectivity index (χ1n) is 21.5. The molecule has 0 rings (SSSR count). The summed E-state index contributed by atoms with van der Waals surface area (Å²) in [5, 5.41) is 11.9. The summed E-state index contributed by atoms with van der Waals surface area (Å²) in [6, 6.07) is -0.867. The third-order valence-electron chi connectivity index (χ3n) is 9.82. The minimum absolute atomic E-state index is 0.0848. The lowest BCUT2D eigenvalue weighted by molar-refractivity contribution is -0.147. The number of unbranched alkanes of at least 4 members (excludes halogenated alkanes) is 25. The lowest BCUT2D eigenvalue weighted by atomic mass is 10.0. The van der Waals surface area contributed by atoms with Gasteiger partial charge < -0.3 is 20.9 Å². The molecule has 0 bridgehead atoms. The molecule has 0 heterocycles. The van der Waals surface area contributed by atoms with E-state index < -0.39 is 12.0 Å². The lowest BCUT2D eigenvalue weighted by Gasteiger charge is -2.15. The molecule has 0 aliphatic heterocycles. The number of carboxylic acid groups (broad SMARTS) is 1. The average Bonchev–Trinajstić information content (AvgIpc) is 3.10. The van der Waals surface area contributed by atoms with Crippen LogP contribution in [-0.4, -0.2) is 41.6 Å². The van der Waals surface area contributed by atoms with E-state index in [0.29, 0.717) is 38.6 Å². The van der Waals surface area contributed by atoms with Gasteiger partial charge in [-0.05, 0) is 64.0 Å². The number of hydrogen-bond acceptors (Lipinski definition) is 5. The van der Waals surface area contributed by atoms with Crippen LogP contribution in [0.1, 0.15) is 226 Å². The maximum absolute atomic E-state index is 12.7. The standard InChI is InChI=1S/C43H82N2O5/c1-3-5-7-9-11-12-13-14-15-16-17-18-19-20-21-23-25-31-37-42(47)50-39(33-28-24-22-10-8-6-4-2)34-29-26-27-30-36-41(46)45-40(43(48)49)35-32-38-44/h28,33,39-40H,3-27,29-32,34-38,44H2,1-2H3,(H,45,46)(H,48,49)/b33-28-. The summed E-state index contributed by atoms with van der Waals surface area (Å²) in [7, 11) is 0. The highest BCUT2D eigenvalue weighted by Gasteiger charge is 2.19. The largest absolute Gasteiger partial charge is 0.480 e. The number of ether oxygens (including phenoxy) is 1. The van der Waals surface area contributed by atoms with Gasteiger partial charge >= 0.3 is 11.9 Å². The van der Waals surface area contributed by atoms with Crippen molar-refractivity contribution in [3.05, 3.63) is 12.2 Å². The van der Waals surface area contributed by atoms with E-state index in [1.807, 2.05) is 0 Å². The van der Waals surface area contributed by atoms with Crippen molar-refractivity contribution in [2.24, 2.45) is 5.73 Å². The van der Waals surface area contributed by atoms with E-state index in [2.05, 4.69) is 31.3 Å². The first-order valence-corrected chi connectivity index (χ1v) is 21.5. The topological polar surface area (TPSA) is 119 Å². The number of allylic oxidation sites excluding steroid dienone is 1. The Morgan fingerprint density at radius 1 is 0.580 bits per heavy atom. The molecule has 7 nitrogen and oxygen atoms in total. The number of carbonyl (C=O) groups is 3. The SMILES string of the molecule is CCCCCCC/C=C\C(CCCCCCC(=O)NC(CCCN)C(=O)O)OC(=O)CCCCCCCCCCCCCCCCCCCC. The molecular formula is C43H82N2O5. The third-order valence-corrected chi connectivity index (χ3v) is 9.82. The van der Waals surface area contributed by atoms with Crippen molar-refractivity contribution in [1.82, 2.24) is 5.32 Å². The predicted molar refractivity (Wildman–Crippen MR) is 211 cm³/mol. The first-order chi connectivity index (χ1) is 24.4. The van der Waals surface area contributed by atoms with Crippen LogP contribution in [0.5, 0.6) is 0 Å². The lowest BCUT2D eigenvalue weighted by Crippen LogP contribution is -2.40. The quantitative estimate of drug-likeness (QED) is 0.0332. The zero-order valence-electron chi connectivity index (χ0n) is 33.0. The highest BCUT2D eigenvalue weighted by Crippen LogP contribution is 2.17. The summed E-state index contributed by atoms with van der Waals surface area (Å²) < 4.78 is 5.92. The average molecular weight is 707 g/mol. The minimum Gasteiger partial charge on any atom is -0.480 e. The second-order valence-electron chi connectivity index (χ2n) is 14.8. The van der Waals surface area contributed by atoms with Crippen LogP contribution < -0.4 is 11.1 Å². The van der Waals surface area contributed by atoms with E-state index in [4.69, 9.17) is 10.5 Å². The van der Waals surface area contributed by atoms with Gasteiger partial charge in [0.2, 0.25) is 5.91 Å². The van der Waals surface area contributed by atoms with Crippen molar-refractivity contribution in [2.45, 2.75) is 238 Å². The fourth-order valence-electron chi connectivity index (χ4n) is 6.54. The number of esters is 1. The molecule has 2 atom stereocenters. The molecule has 4 N–H and O–H groups in total. The van der Waals surface area contributed by atoms with Crippen molar-refractivity contribution < 1.29 is 24.2 Å². The van der Waals surface area contributed by atoms with E-state index in [-0.39, 0.29) is 18.0 Å². The number of aliphatic carboxylic acids is 1. The molecule has 0 aromatic heterocycles. The maximum atomic E-state index is 12.7. The fraction of sp³-hybridized carbons (Fsp3) is 0.884. The van der Waals surface area contributed by atoms with Gasteiger partial charge in [-0.3, -0.25) is 9.59 Å². The van der Waals surface area contributed by atoms with E-state index in [0.717, 1.165) is 44.9 Å². The van der Waals surface area contributed by atoms with E-state index in [1.165, 1.54) is 135 Å².